The SMILES string of the molecule is CCCCCCCCCCCCCCCCOP(=O)(OCCCCCCCCCCCCCCCC)OC[C@H]1O[C@@H](n2ccc(=O)[nH]c2=O)C[C@@H]1OC(C)=O. The van der Waals surface area contributed by atoms with Crippen LogP contribution >= 0.6 is 7.82 Å². The highest BCUT2D eigenvalue weighted by atomic mass is 31.2. The lowest BCUT2D eigenvalue weighted by atomic mass is 10.0. The summed E-state index contributed by atoms with van der Waals surface area (Å²) in [6, 6.07) is 1.22. The minimum atomic E-state index is -3.95. The van der Waals surface area contributed by atoms with Crippen LogP contribution < -0.4 is 11.2 Å². The Morgan fingerprint density at radius 2 is 1.07 bits per heavy atom. The van der Waals surface area contributed by atoms with Crippen molar-refractivity contribution in [3.05, 3.63) is 33.1 Å². The summed E-state index contributed by atoms with van der Waals surface area (Å²) < 4.78 is 44.1. The molecule has 2 rings (SSSR count). The third-order valence-corrected chi connectivity index (χ3v) is 12.0. The van der Waals surface area contributed by atoms with Crippen LogP contribution in [0.4, 0.5) is 0 Å². The first kappa shape index (κ1) is 49.4. The van der Waals surface area contributed by atoms with Gasteiger partial charge in [0.1, 0.15) is 18.4 Å². The minimum absolute atomic E-state index is 0.156. The van der Waals surface area contributed by atoms with Crippen LogP contribution in [0.1, 0.15) is 213 Å². The number of hydrogen-bond donors (Lipinski definition) is 1. The van der Waals surface area contributed by atoms with Crippen molar-refractivity contribution in [1.29, 1.82) is 0 Å². The zero-order chi connectivity index (χ0) is 39.8. The third-order valence-electron chi connectivity index (χ3n) is 10.6. The number of rotatable bonds is 37. The Balaban J connectivity index is 1.76. The monoisotopic (exact) mass is 799 g/mol. The van der Waals surface area contributed by atoms with Crippen molar-refractivity contribution in [2.24, 2.45) is 0 Å². The molecule has 0 aliphatic carbocycles. The molecule has 11 nitrogen and oxygen atoms in total. The van der Waals surface area contributed by atoms with Gasteiger partial charge in [-0.3, -0.25) is 32.7 Å². The second-order valence-corrected chi connectivity index (χ2v) is 17.3. The van der Waals surface area contributed by atoms with Crippen molar-refractivity contribution >= 4 is 13.8 Å². The van der Waals surface area contributed by atoms with E-state index in [4.69, 9.17) is 23.0 Å². The van der Waals surface area contributed by atoms with Gasteiger partial charge in [0.25, 0.3) is 5.56 Å². The zero-order valence-electron chi connectivity index (χ0n) is 35.1. The molecule has 1 aliphatic heterocycles. The van der Waals surface area contributed by atoms with Crippen LogP contribution in [-0.2, 0) is 32.4 Å². The molecule has 3 atom stereocenters. The molecule has 2 heterocycles. The van der Waals surface area contributed by atoms with Gasteiger partial charge < -0.3 is 9.47 Å². The van der Waals surface area contributed by atoms with Crippen LogP contribution in [0.25, 0.3) is 0 Å². The Labute approximate surface area is 333 Å². The van der Waals surface area contributed by atoms with Gasteiger partial charge >= 0.3 is 19.5 Å². The van der Waals surface area contributed by atoms with E-state index in [0.717, 1.165) is 38.5 Å². The molecule has 0 bridgehead atoms. The fourth-order valence-electron chi connectivity index (χ4n) is 7.23. The van der Waals surface area contributed by atoms with Crippen LogP contribution in [0, 0.1) is 0 Å². The first-order valence-electron chi connectivity index (χ1n) is 22.5. The maximum atomic E-state index is 13.9. The first-order chi connectivity index (χ1) is 26.8. The van der Waals surface area contributed by atoms with E-state index in [1.165, 1.54) is 165 Å². The largest absolute Gasteiger partial charge is 0.474 e. The van der Waals surface area contributed by atoms with Gasteiger partial charge in [0.15, 0.2) is 0 Å². The number of nitrogens with one attached hydrogen (secondary N) is 1. The molecule has 1 aromatic rings. The van der Waals surface area contributed by atoms with E-state index in [-0.39, 0.29) is 26.2 Å². The lowest BCUT2D eigenvalue weighted by molar-refractivity contribution is -0.150. The van der Waals surface area contributed by atoms with Crippen LogP contribution in [0.5, 0.6) is 0 Å². The molecular weight excluding hydrogens is 719 g/mol. The highest BCUT2D eigenvalue weighted by Gasteiger charge is 2.41. The van der Waals surface area contributed by atoms with Crippen molar-refractivity contribution in [3.8, 4) is 0 Å². The summed E-state index contributed by atoms with van der Waals surface area (Å²) in [5.41, 5.74) is -1.16. The Morgan fingerprint density at radius 1 is 0.673 bits per heavy atom. The first-order valence-corrected chi connectivity index (χ1v) is 23.9. The normalized spacial score (nSPS) is 17.3. The average molecular weight is 799 g/mol. The van der Waals surface area contributed by atoms with E-state index >= 15 is 0 Å². The van der Waals surface area contributed by atoms with Gasteiger partial charge in [-0.2, -0.15) is 0 Å². The average Bonchev–Trinajstić information content (AvgIpc) is 3.55. The van der Waals surface area contributed by atoms with E-state index in [9.17, 15) is 18.9 Å². The standard InChI is InChI=1S/C43H79N2O9P/c1-4-6-8-10-12-14-16-18-20-22-24-26-28-30-34-50-55(49,51-35-31-29-27-25-23-21-19-17-15-13-11-9-7-5-2)52-37-40-39(53-38(3)46)36-42(54-40)45-33-32-41(47)44-43(45)48/h32-33,39-40,42H,4-31,34-37H2,1-3H3,(H,44,47,48)/t39-,40+,42+/m0/s1. The van der Waals surface area contributed by atoms with Gasteiger partial charge in [-0.05, 0) is 12.8 Å². The number of aromatic nitrogens is 2. The van der Waals surface area contributed by atoms with Gasteiger partial charge in [0.05, 0.1) is 19.8 Å². The van der Waals surface area contributed by atoms with Gasteiger partial charge in [-0.1, -0.05) is 181 Å². The van der Waals surface area contributed by atoms with E-state index in [0.29, 0.717) is 0 Å². The second kappa shape index (κ2) is 32.2. The van der Waals surface area contributed by atoms with Gasteiger partial charge in [-0.25, -0.2) is 9.36 Å². The Morgan fingerprint density at radius 3 is 1.45 bits per heavy atom. The number of phosphoric ester groups is 1. The molecule has 0 aromatic carbocycles. The smallest absolute Gasteiger partial charge is 0.460 e. The summed E-state index contributed by atoms with van der Waals surface area (Å²) in [6.07, 6.45) is 33.8. The molecule has 0 spiro atoms. The summed E-state index contributed by atoms with van der Waals surface area (Å²) in [5, 5.41) is 0. The van der Waals surface area contributed by atoms with E-state index in [1.807, 2.05) is 0 Å². The number of phosphoric acid groups is 1. The number of nitrogens with zero attached hydrogens (tertiary/aromatic N) is 1. The topological polar surface area (TPSA) is 135 Å². The molecule has 1 N–H and O–H groups in total. The third kappa shape index (κ3) is 24.6. The number of ether oxygens (including phenoxy) is 2. The lowest BCUT2D eigenvalue weighted by Gasteiger charge is -2.22. The second-order valence-electron chi connectivity index (χ2n) is 15.6. The predicted octanol–water partition coefficient (Wildman–Crippen LogP) is 11.9. The molecule has 1 aromatic heterocycles. The van der Waals surface area contributed by atoms with E-state index in [2.05, 4.69) is 18.8 Å². The fraction of sp³-hybridized carbons (Fsp3) is 0.884. The highest BCUT2D eigenvalue weighted by molar-refractivity contribution is 7.48. The molecule has 0 unspecified atom stereocenters. The molecule has 0 amide bonds. The maximum Gasteiger partial charge on any atom is 0.474 e. The van der Waals surface area contributed by atoms with E-state index in [1.54, 1.807) is 0 Å². The highest BCUT2D eigenvalue weighted by Crippen LogP contribution is 2.50. The molecule has 1 fully saturated rings. The lowest BCUT2D eigenvalue weighted by Crippen LogP contribution is -2.32. The maximum absolute atomic E-state index is 13.9. The van der Waals surface area contributed by atoms with Crippen LogP contribution in [0.3, 0.4) is 0 Å². The summed E-state index contributed by atoms with van der Waals surface area (Å²) in [7, 11) is -3.95. The fourth-order valence-corrected chi connectivity index (χ4v) is 8.49. The number of aromatic amines is 1. The molecule has 0 radical (unpaired) electrons. The summed E-state index contributed by atoms with van der Waals surface area (Å²) in [5.74, 6) is -0.514. The van der Waals surface area contributed by atoms with Crippen LogP contribution in [0.2, 0.25) is 0 Å². The molecular formula is C43H79N2O9P. The number of esters is 1. The molecule has 55 heavy (non-hydrogen) atoms. The molecule has 1 aliphatic rings. The van der Waals surface area contributed by atoms with Crippen molar-refractivity contribution < 1.29 is 32.4 Å². The van der Waals surface area contributed by atoms with Crippen LogP contribution in [0.15, 0.2) is 21.9 Å². The van der Waals surface area contributed by atoms with Crippen LogP contribution in [-0.4, -0.2) is 47.5 Å². The molecule has 320 valence electrons. The van der Waals surface area contributed by atoms with Gasteiger partial charge in [-0.15, -0.1) is 0 Å². The van der Waals surface area contributed by atoms with Gasteiger partial charge in [0, 0.05) is 25.6 Å². The summed E-state index contributed by atoms with van der Waals surface area (Å²) in [6.45, 7) is 6.10. The molecule has 1 saturated heterocycles. The number of H-pyrrole nitrogens is 1. The quantitative estimate of drug-likeness (QED) is 0.0396. The Kier molecular flexibility index (Phi) is 28.9. The number of carbonyl (C=O) groups excluding carboxylic acids is 1. The molecule has 0 saturated carbocycles. The number of unbranched alkanes of at least 4 members (excludes halogenated alkanes) is 26. The van der Waals surface area contributed by atoms with Crippen molar-refractivity contribution in [2.45, 2.75) is 225 Å². The number of hydrogen-bond acceptors (Lipinski definition) is 9. The van der Waals surface area contributed by atoms with Crippen molar-refractivity contribution in [3.63, 3.8) is 0 Å². The van der Waals surface area contributed by atoms with Crippen molar-refractivity contribution in [1.82, 2.24) is 9.55 Å². The summed E-state index contributed by atoms with van der Waals surface area (Å²) >= 11 is 0. The molecule has 12 heteroatoms. The van der Waals surface area contributed by atoms with Gasteiger partial charge in [0.2, 0.25) is 0 Å². The minimum Gasteiger partial charge on any atom is -0.460 e. The Bertz CT molecular complexity index is 1220. The van der Waals surface area contributed by atoms with E-state index < -0.39 is 43.5 Å². The predicted molar refractivity (Wildman–Crippen MR) is 221 cm³/mol. The zero-order valence-corrected chi connectivity index (χ0v) is 36.0. The summed E-state index contributed by atoms with van der Waals surface area (Å²) in [4.78, 5) is 38.1. The number of carbonyl (C=O) groups is 1. The van der Waals surface area contributed by atoms with Crippen molar-refractivity contribution in [2.75, 3.05) is 19.8 Å². The Hall–Kier alpha value is -1.78.